The van der Waals surface area contributed by atoms with Gasteiger partial charge in [0.25, 0.3) is 5.91 Å². The van der Waals surface area contributed by atoms with Crippen molar-refractivity contribution >= 4 is 17.4 Å². The highest BCUT2D eigenvalue weighted by molar-refractivity contribution is 6.04. The number of halogens is 1. The van der Waals surface area contributed by atoms with Gasteiger partial charge >= 0.3 is 0 Å². The summed E-state index contributed by atoms with van der Waals surface area (Å²) in [5, 5.41) is 0. The Bertz CT molecular complexity index is 931. The molecule has 1 atom stereocenters. The van der Waals surface area contributed by atoms with E-state index >= 15 is 0 Å². The van der Waals surface area contributed by atoms with Gasteiger partial charge in [-0.1, -0.05) is 0 Å². The molecule has 1 aliphatic heterocycles. The molecular formula is C21H21FN2O5. The summed E-state index contributed by atoms with van der Waals surface area (Å²) in [5.74, 6) is 0.0923. The van der Waals surface area contributed by atoms with E-state index in [4.69, 9.17) is 14.2 Å². The van der Waals surface area contributed by atoms with E-state index in [1.54, 1.807) is 25.3 Å². The number of pyridine rings is 1. The van der Waals surface area contributed by atoms with Crippen LogP contribution in [-0.4, -0.2) is 49.6 Å². The highest BCUT2D eigenvalue weighted by atomic mass is 19.1. The van der Waals surface area contributed by atoms with E-state index < -0.39 is 11.9 Å². The van der Waals surface area contributed by atoms with Crippen molar-refractivity contribution in [3.05, 3.63) is 47.4 Å². The minimum Gasteiger partial charge on any atom is -0.479 e. The predicted molar refractivity (Wildman–Crippen MR) is 102 cm³/mol. The molecule has 7 nitrogen and oxygen atoms in total. The zero-order valence-electron chi connectivity index (χ0n) is 16.0. The van der Waals surface area contributed by atoms with Crippen LogP contribution in [0.3, 0.4) is 0 Å². The van der Waals surface area contributed by atoms with Gasteiger partial charge in [-0.15, -0.1) is 0 Å². The zero-order valence-corrected chi connectivity index (χ0v) is 16.0. The van der Waals surface area contributed by atoms with Crippen molar-refractivity contribution in [2.75, 3.05) is 31.8 Å². The van der Waals surface area contributed by atoms with Gasteiger partial charge in [-0.05, 0) is 30.2 Å². The molecule has 152 valence electrons. The Labute approximate surface area is 167 Å². The topological polar surface area (TPSA) is 78.0 Å². The lowest BCUT2D eigenvalue weighted by Gasteiger charge is -2.18. The third-order valence-electron chi connectivity index (χ3n) is 5.08. The van der Waals surface area contributed by atoms with Crippen LogP contribution in [0, 0.1) is 5.82 Å². The average molecular weight is 400 g/mol. The molecule has 0 N–H and O–H groups in total. The maximum absolute atomic E-state index is 14.3. The summed E-state index contributed by atoms with van der Waals surface area (Å²) in [6, 6.07) is 6.27. The van der Waals surface area contributed by atoms with E-state index in [1.165, 1.54) is 17.2 Å². The summed E-state index contributed by atoms with van der Waals surface area (Å²) >= 11 is 0. The van der Waals surface area contributed by atoms with Crippen molar-refractivity contribution in [1.29, 1.82) is 0 Å². The van der Waals surface area contributed by atoms with Crippen molar-refractivity contribution in [3.8, 4) is 11.6 Å². The number of anilines is 1. The summed E-state index contributed by atoms with van der Waals surface area (Å²) < 4.78 is 30.4. The van der Waals surface area contributed by atoms with Crippen molar-refractivity contribution in [3.63, 3.8) is 0 Å². The van der Waals surface area contributed by atoms with Gasteiger partial charge in [-0.25, -0.2) is 9.37 Å². The molecule has 29 heavy (non-hydrogen) atoms. The highest BCUT2D eigenvalue weighted by Crippen LogP contribution is 2.32. The van der Waals surface area contributed by atoms with E-state index in [9.17, 15) is 14.0 Å². The normalized spacial score (nSPS) is 18.3. The Balaban J connectivity index is 1.42. The third kappa shape index (κ3) is 3.93. The molecule has 0 radical (unpaired) electrons. The molecule has 1 fully saturated rings. The Kier molecular flexibility index (Phi) is 5.44. The monoisotopic (exact) mass is 400 g/mol. The van der Waals surface area contributed by atoms with Gasteiger partial charge in [0, 0.05) is 43.8 Å². The van der Waals surface area contributed by atoms with Crippen LogP contribution in [0.5, 0.6) is 11.6 Å². The van der Waals surface area contributed by atoms with E-state index in [0.29, 0.717) is 67.5 Å². The Hall–Kier alpha value is -3.00. The Morgan fingerprint density at radius 2 is 2.07 bits per heavy atom. The number of Topliss-reactive ketones (excluding diaryl/α,β-unsaturated/α-hetero) is 1. The smallest absolute Gasteiger partial charge is 0.268 e. The molecule has 1 aromatic heterocycles. The largest absolute Gasteiger partial charge is 0.479 e. The number of carbonyl (C=O) groups is 2. The molecular weight excluding hydrogens is 379 g/mol. The Morgan fingerprint density at radius 1 is 1.21 bits per heavy atom. The van der Waals surface area contributed by atoms with Crippen LogP contribution >= 0.6 is 0 Å². The predicted octanol–water partition coefficient (Wildman–Crippen LogP) is 2.56. The first-order valence-corrected chi connectivity index (χ1v) is 9.48. The molecule has 1 aromatic carbocycles. The molecule has 8 heteroatoms. The molecule has 0 saturated carbocycles. The van der Waals surface area contributed by atoms with Crippen LogP contribution < -0.4 is 14.4 Å². The standard InChI is InChI=1S/C21H21FN2O5/c1-27-8-9-28-20-5-2-14(12-23-20)29-19-6-7-24(21(19)26)13-10-16-15(17(22)11-13)3-4-18(16)25/h2,5,10-12,19H,3-4,6-9H2,1H3/t19-/m1/s1. The van der Waals surface area contributed by atoms with E-state index in [1.807, 2.05) is 0 Å². The number of aromatic nitrogens is 1. The molecule has 2 aromatic rings. The lowest BCUT2D eigenvalue weighted by atomic mass is 10.1. The van der Waals surface area contributed by atoms with Gasteiger partial charge in [0.1, 0.15) is 18.2 Å². The average Bonchev–Trinajstić information content (AvgIpc) is 3.27. The second-order valence-corrected chi connectivity index (χ2v) is 6.94. The Morgan fingerprint density at radius 3 is 2.83 bits per heavy atom. The lowest BCUT2D eigenvalue weighted by molar-refractivity contribution is -0.122. The fourth-order valence-corrected chi connectivity index (χ4v) is 3.59. The summed E-state index contributed by atoms with van der Waals surface area (Å²) in [6.07, 6.45) is 1.99. The number of carbonyl (C=O) groups excluding carboxylic acids is 2. The summed E-state index contributed by atoms with van der Waals surface area (Å²) in [4.78, 5) is 30.3. The number of amides is 1. The fraction of sp³-hybridized carbons (Fsp3) is 0.381. The number of hydrogen-bond acceptors (Lipinski definition) is 6. The zero-order chi connectivity index (χ0) is 20.4. The van der Waals surface area contributed by atoms with Gasteiger partial charge in [0.2, 0.25) is 5.88 Å². The van der Waals surface area contributed by atoms with Gasteiger partial charge in [-0.2, -0.15) is 0 Å². The van der Waals surface area contributed by atoms with Gasteiger partial charge in [0.05, 0.1) is 12.8 Å². The first-order valence-electron chi connectivity index (χ1n) is 9.48. The van der Waals surface area contributed by atoms with E-state index in [2.05, 4.69) is 4.98 Å². The molecule has 1 amide bonds. The van der Waals surface area contributed by atoms with Crippen LogP contribution in [0.4, 0.5) is 10.1 Å². The van der Waals surface area contributed by atoms with Crippen LogP contribution in [-0.2, 0) is 16.0 Å². The minimum absolute atomic E-state index is 0.0842. The van der Waals surface area contributed by atoms with Crippen molar-refractivity contribution in [2.24, 2.45) is 0 Å². The van der Waals surface area contributed by atoms with Gasteiger partial charge in [-0.3, -0.25) is 9.59 Å². The number of hydrogen-bond donors (Lipinski definition) is 0. The number of methoxy groups -OCH3 is 1. The van der Waals surface area contributed by atoms with Crippen LogP contribution in [0.25, 0.3) is 0 Å². The molecule has 0 bridgehead atoms. The van der Waals surface area contributed by atoms with E-state index in [0.717, 1.165) is 0 Å². The second kappa shape index (κ2) is 8.16. The van der Waals surface area contributed by atoms with Crippen LogP contribution in [0.2, 0.25) is 0 Å². The molecule has 0 unspecified atom stereocenters. The fourth-order valence-electron chi connectivity index (χ4n) is 3.59. The summed E-state index contributed by atoms with van der Waals surface area (Å²) in [6.45, 7) is 1.24. The molecule has 2 heterocycles. The quantitative estimate of drug-likeness (QED) is 0.665. The summed E-state index contributed by atoms with van der Waals surface area (Å²) in [5.41, 5.74) is 1.22. The molecule has 1 saturated heterocycles. The molecule has 0 spiro atoms. The first-order chi connectivity index (χ1) is 14.1. The third-order valence-corrected chi connectivity index (χ3v) is 5.08. The number of ether oxygens (including phenoxy) is 3. The highest BCUT2D eigenvalue weighted by Gasteiger charge is 2.36. The van der Waals surface area contributed by atoms with Crippen LogP contribution in [0.1, 0.15) is 28.8 Å². The number of fused-ring (bicyclic) bond motifs is 1. The maximum atomic E-state index is 14.3. The first kappa shape index (κ1) is 19.3. The van der Waals surface area contributed by atoms with Crippen molar-refractivity contribution < 1.29 is 28.2 Å². The maximum Gasteiger partial charge on any atom is 0.268 e. The van der Waals surface area contributed by atoms with Crippen molar-refractivity contribution in [1.82, 2.24) is 4.98 Å². The number of benzene rings is 1. The number of rotatable bonds is 7. The minimum atomic E-state index is -0.691. The molecule has 2 aliphatic rings. The second-order valence-electron chi connectivity index (χ2n) is 6.94. The van der Waals surface area contributed by atoms with Crippen molar-refractivity contribution in [2.45, 2.75) is 25.4 Å². The molecule has 4 rings (SSSR count). The number of nitrogens with zero attached hydrogens (tertiary/aromatic N) is 2. The van der Waals surface area contributed by atoms with Gasteiger partial charge < -0.3 is 19.1 Å². The molecule has 1 aliphatic carbocycles. The van der Waals surface area contributed by atoms with Gasteiger partial charge in [0.15, 0.2) is 11.9 Å². The van der Waals surface area contributed by atoms with E-state index in [-0.39, 0.29) is 11.7 Å². The van der Waals surface area contributed by atoms with Crippen LogP contribution in [0.15, 0.2) is 30.5 Å². The summed E-state index contributed by atoms with van der Waals surface area (Å²) in [7, 11) is 1.59. The lowest BCUT2D eigenvalue weighted by Crippen LogP contribution is -2.32. The number of ketones is 1. The SMILES string of the molecule is COCCOc1ccc(O[C@@H]2CCN(c3cc(F)c4c(c3)C(=O)CC4)C2=O)cn1.